The van der Waals surface area contributed by atoms with Crippen LogP contribution in [0.3, 0.4) is 0 Å². The summed E-state index contributed by atoms with van der Waals surface area (Å²) < 4.78 is 16.8. The van der Waals surface area contributed by atoms with E-state index in [1.165, 1.54) is 0 Å². The van der Waals surface area contributed by atoms with Gasteiger partial charge in [-0.25, -0.2) is 0 Å². The Hall–Kier alpha value is -0.160. The molecule has 88 valence electrons. The zero-order valence-corrected chi connectivity index (χ0v) is 9.60. The number of hydrogen-bond donors (Lipinski definition) is 1. The van der Waals surface area contributed by atoms with Gasteiger partial charge in [0.25, 0.3) is 0 Å². The molecule has 2 aliphatic rings. The highest BCUT2D eigenvalue weighted by atomic mass is 16.8. The Morgan fingerprint density at radius 1 is 1.27 bits per heavy atom. The summed E-state index contributed by atoms with van der Waals surface area (Å²) in [6.07, 6.45) is 1.65. The van der Waals surface area contributed by atoms with E-state index in [1.54, 1.807) is 0 Å². The zero-order chi connectivity index (χ0) is 11.1. The van der Waals surface area contributed by atoms with Crippen LogP contribution in [0.1, 0.15) is 40.0 Å². The van der Waals surface area contributed by atoms with Crippen molar-refractivity contribution in [2.45, 2.75) is 70.4 Å². The van der Waals surface area contributed by atoms with Crippen LogP contribution in [-0.4, -0.2) is 35.5 Å². The second-order valence-corrected chi connectivity index (χ2v) is 4.78. The third kappa shape index (κ3) is 2.18. The first-order chi connectivity index (χ1) is 7.03. The third-order valence-corrected chi connectivity index (χ3v) is 2.96. The first-order valence-corrected chi connectivity index (χ1v) is 5.72. The summed E-state index contributed by atoms with van der Waals surface area (Å²) in [4.78, 5) is 0. The summed E-state index contributed by atoms with van der Waals surface area (Å²) >= 11 is 0. The van der Waals surface area contributed by atoms with Crippen molar-refractivity contribution in [1.82, 2.24) is 0 Å². The Labute approximate surface area is 90.5 Å². The Kier molecular flexibility index (Phi) is 3.03. The van der Waals surface area contributed by atoms with Crippen LogP contribution in [0.15, 0.2) is 0 Å². The van der Waals surface area contributed by atoms with Crippen molar-refractivity contribution in [2.75, 3.05) is 0 Å². The molecule has 2 rings (SSSR count). The maximum atomic E-state index is 9.99. The zero-order valence-electron chi connectivity index (χ0n) is 9.60. The van der Waals surface area contributed by atoms with Crippen molar-refractivity contribution in [3.8, 4) is 0 Å². The van der Waals surface area contributed by atoms with Gasteiger partial charge in [0.2, 0.25) is 0 Å². The maximum Gasteiger partial charge on any atom is 0.190 e. The average Bonchev–Trinajstić information content (AvgIpc) is 2.58. The molecule has 0 aromatic carbocycles. The highest BCUT2D eigenvalue weighted by Gasteiger charge is 2.53. The summed E-state index contributed by atoms with van der Waals surface area (Å²) in [6, 6.07) is 0. The molecule has 0 spiro atoms. The molecule has 0 amide bonds. The SMILES string of the molecule is CCCC[C@H]1O[C@@H]2OC(C)(C)O[C@@H]2[C@H]1O. The topological polar surface area (TPSA) is 47.9 Å². The number of ether oxygens (including phenoxy) is 3. The Bertz CT molecular complexity index is 229. The molecule has 4 heteroatoms. The van der Waals surface area contributed by atoms with Crippen LogP contribution in [0.2, 0.25) is 0 Å². The van der Waals surface area contributed by atoms with Crippen LogP contribution in [0.4, 0.5) is 0 Å². The van der Waals surface area contributed by atoms with Crippen LogP contribution < -0.4 is 0 Å². The van der Waals surface area contributed by atoms with E-state index in [0.717, 1.165) is 19.3 Å². The molecule has 4 atom stereocenters. The van der Waals surface area contributed by atoms with Crippen molar-refractivity contribution >= 4 is 0 Å². The van der Waals surface area contributed by atoms with Gasteiger partial charge in [-0.2, -0.15) is 0 Å². The van der Waals surface area contributed by atoms with Gasteiger partial charge in [-0.3, -0.25) is 0 Å². The summed E-state index contributed by atoms with van der Waals surface area (Å²) in [6.45, 7) is 5.79. The minimum absolute atomic E-state index is 0.129. The standard InChI is InChI=1S/C11H20O4/c1-4-5-6-7-8(12)9-10(13-7)15-11(2,3)14-9/h7-10,12H,4-6H2,1-3H3/t7-,8+,9-,10-/m1/s1. The lowest BCUT2D eigenvalue weighted by Gasteiger charge is -2.22. The second-order valence-electron chi connectivity index (χ2n) is 4.78. The highest BCUT2D eigenvalue weighted by molar-refractivity contribution is 4.92. The van der Waals surface area contributed by atoms with E-state index in [4.69, 9.17) is 14.2 Å². The Morgan fingerprint density at radius 3 is 2.60 bits per heavy atom. The van der Waals surface area contributed by atoms with E-state index in [-0.39, 0.29) is 12.2 Å². The van der Waals surface area contributed by atoms with E-state index in [9.17, 15) is 5.11 Å². The number of unbranched alkanes of at least 4 members (excludes halogenated alkanes) is 1. The minimum atomic E-state index is -0.633. The van der Waals surface area contributed by atoms with Crippen LogP contribution in [-0.2, 0) is 14.2 Å². The summed E-state index contributed by atoms with van der Waals surface area (Å²) in [5, 5.41) is 9.99. The smallest absolute Gasteiger partial charge is 0.190 e. The van der Waals surface area contributed by atoms with E-state index in [1.807, 2.05) is 13.8 Å². The fraction of sp³-hybridized carbons (Fsp3) is 1.00. The van der Waals surface area contributed by atoms with Crippen LogP contribution in [0.5, 0.6) is 0 Å². The Morgan fingerprint density at radius 2 is 2.00 bits per heavy atom. The van der Waals surface area contributed by atoms with Gasteiger partial charge in [-0.15, -0.1) is 0 Å². The number of aliphatic hydroxyl groups is 1. The molecule has 0 radical (unpaired) electrons. The Balaban J connectivity index is 1.93. The molecule has 2 aliphatic heterocycles. The summed E-state index contributed by atoms with van der Waals surface area (Å²) in [7, 11) is 0. The fourth-order valence-electron chi connectivity index (χ4n) is 2.20. The normalized spacial score (nSPS) is 43.2. The number of fused-ring (bicyclic) bond motifs is 1. The molecular formula is C11H20O4. The van der Waals surface area contributed by atoms with Crippen molar-refractivity contribution < 1.29 is 19.3 Å². The largest absolute Gasteiger partial charge is 0.387 e. The van der Waals surface area contributed by atoms with Gasteiger partial charge >= 0.3 is 0 Å². The van der Waals surface area contributed by atoms with Crippen LogP contribution >= 0.6 is 0 Å². The number of hydrogen-bond acceptors (Lipinski definition) is 4. The molecule has 2 fully saturated rings. The monoisotopic (exact) mass is 216 g/mol. The minimum Gasteiger partial charge on any atom is -0.387 e. The predicted octanol–water partition coefficient (Wildman–Crippen LogP) is 1.41. The molecule has 2 heterocycles. The van der Waals surface area contributed by atoms with Crippen LogP contribution in [0.25, 0.3) is 0 Å². The second kappa shape index (κ2) is 4.01. The van der Waals surface area contributed by atoms with Gasteiger partial charge in [0.1, 0.15) is 12.2 Å². The first kappa shape index (κ1) is 11.3. The predicted molar refractivity (Wildman–Crippen MR) is 54.2 cm³/mol. The molecule has 4 nitrogen and oxygen atoms in total. The van der Waals surface area contributed by atoms with Crippen molar-refractivity contribution in [1.29, 1.82) is 0 Å². The number of aliphatic hydroxyl groups excluding tert-OH is 1. The quantitative estimate of drug-likeness (QED) is 0.775. The van der Waals surface area contributed by atoms with Crippen molar-refractivity contribution in [2.24, 2.45) is 0 Å². The van der Waals surface area contributed by atoms with E-state index < -0.39 is 18.2 Å². The van der Waals surface area contributed by atoms with Crippen LogP contribution in [0, 0.1) is 0 Å². The van der Waals surface area contributed by atoms with E-state index >= 15 is 0 Å². The van der Waals surface area contributed by atoms with Gasteiger partial charge in [0, 0.05) is 0 Å². The molecule has 15 heavy (non-hydrogen) atoms. The molecule has 0 saturated carbocycles. The lowest BCUT2D eigenvalue weighted by atomic mass is 10.1. The highest BCUT2D eigenvalue weighted by Crippen LogP contribution is 2.38. The fourth-order valence-corrected chi connectivity index (χ4v) is 2.20. The summed E-state index contributed by atoms with van der Waals surface area (Å²) in [5.74, 6) is -0.633. The first-order valence-electron chi connectivity index (χ1n) is 5.72. The molecule has 0 unspecified atom stereocenters. The third-order valence-electron chi connectivity index (χ3n) is 2.96. The van der Waals surface area contributed by atoms with Gasteiger partial charge in [-0.1, -0.05) is 19.8 Å². The van der Waals surface area contributed by atoms with Gasteiger partial charge in [0.15, 0.2) is 12.1 Å². The molecule has 0 aliphatic carbocycles. The molecule has 0 bridgehead atoms. The van der Waals surface area contributed by atoms with Crippen molar-refractivity contribution in [3.05, 3.63) is 0 Å². The molecular weight excluding hydrogens is 196 g/mol. The lowest BCUT2D eigenvalue weighted by Crippen LogP contribution is -2.34. The van der Waals surface area contributed by atoms with Crippen molar-refractivity contribution in [3.63, 3.8) is 0 Å². The summed E-state index contributed by atoms with van der Waals surface area (Å²) in [5.41, 5.74) is 0. The van der Waals surface area contributed by atoms with Gasteiger partial charge in [0.05, 0.1) is 6.10 Å². The van der Waals surface area contributed by atoms with E-state index in [0.29, 0.717) is 0 Å². The lowest BCUT2D eigenvalue weighted by molar-refractivity contribution is -0.215. The molecule has 0 aromatic rings. The molecule has 1 N–H and O–H groups in total. The maximum absolute atomic E-state index is 9.99. The molecule has 0 aromatic heterocycles. The average molecular weight is 216 g/mol. The van der Waals surface area contributed by atoms with Gasteiger partial charge < -0.3 is 19.3 Å². The molecule has 2 saturated heterocycles. The van der Waals surface area contributed by atoms with E-state index in [2.05, 4.69) is 6.92 Å². The van der Waals surface area contributed by atoms with Gasteiger partial charge in [-0.05, 0) is 20.3 Å². The number of rotatable bonds is 3.